The third kappa shape index (κ3) is 9.91. The molecule has 2 N–H and O–H groups in total. The predicted octanol–water partition coefficient (Wildman–Crippen LogP) is -1.15. The quantitative estimate of drug-likeness (QED) is 0.351. The fraction of sp³-hybridized carbons (Fsp3) is 0.875. The number of hydrogen-bond acceptors (Lipinski definition) is 10. The van der Waals surface area contributed by atoms with Gasteiger partial charge in [0.2, 0.25) is 0 Å². The fourth-order valence-corrected chi connectivity index (χ4v) is 6.29. The summed E-state index contributed by atoms with van der Waals surface area (Å²) in [6.45, 7) is 0.846. The molecule has 30 heavy (non-hydrogen) atoms. The van der Waals surface area contributed by atoms with E-state index in [0.29, 0.717) is 12.8 Å². The van der Waals surface area contributed by atoms with Crippen LogP contribution in [0.15, 0.2) is 0 Å². The molecule has 2 unspecified atom stereocenters. The number of sulfone groups is 2. The molecule has 0 aromatic carbocycles. The summed E-state index contributed by atoms with van der Waals surface area (Å²) < 4.78 is 65.4. The first kappa shape index (κ1) is 24.6. The number of hydrogen-bond donors (Lipinski definition) is 2. The fourth-order valence-electron chi connectivity index (χ4n) is 2.94. The van der Waals surface area contributed by atoms with Crippen molar-refractivity contribution in [2.45, 2.75) is 24.9 Å². The minimum atomic E-state index is -3.06. The molecule has 2 atom stereocenters. The SMILES string of the molecule is O=C(NC1CCS(=O)(=O)C1)OCCOCCOCCOC(=O)NC1CCS(=O)(=O)C1. The molecule has 0 aromatic heterocycles. The minimum absolute atomic E-state index is 0.0193. The van der Waals surface area contributed by atoms with E-state index >= 15 is 0 Å². The van der Waals surface area contributed by atoms with E-state index in [2.05, 4.69) is 10.6 Å². The number of amides is 2. The number of rotatable bonds is 11. The maximum atomic E-state index is 11.5. The van der Waals surface area contributed by atoms with Crippen molar-refractivity contribution in [2.24, 2.45) is 0 Å². The van der Waals surface area contributed by atoms with E-state index < -0.39 is 43.9 Å². The van der Waals surface area contributed by atoms with Gasteiger partial charge in [-0.1, -0.05) is 0 Å². The molecule has 2 fully saturated rings. The summed E-state index contributed by atoms with van der Waals surface area (Å²) in [5.74, 6) is 0.0108. The van der Waals surface area contributed by atoms with Gasteiger partial charge in [0, 0.05) is 12.1 Å². The Morgan fingerprint density at radius 2 is 1.03 bits per heavy atom. The van der Waals surface area contributed by atoms with Gasteiger partial charge in [0.05, 0.1) is 49.4 Å². The second kappa shape index (κ2) is 11.7. The van der Waals surface area contributed by atoms with Crippen LogP contribution in [0, 0.1) is 0 Å². The summed E-state index contributed by atoms with van der Waals surface area (Å²) in [6.07, 6.45) is -0.580. The Kier molecular flexibility index (Phi) is 9.58. The number of carbonyl (C=O) groups excluding carboxylic acids is 2. The molecule has 2 aliphatic rings. The predicted molar refractivity (Wildman–Crippen MR) is 105 cm³/mol. The maximum Gasteiger partial charge on any atom is 0.407 e. The Bertz CT molecular complexity index is 718. The Hall–Kier alpha value is -1.64. The zero-order valence-corrected chi connectivity index (χ0v) is 18.2. The van der Waals surface area contributed by atoms with Crippen LogP contribution in [0.4, 0.5) is 9.59 Å². The lowest BCUT2D eigenvalue weighted by atomic mass is 10.3. The number of nitrogens with one attached hydrogen (secondary N) is 2. The molecular weight excluding hydrogens is 444 g/mol. The monoisotopic (exact) mass is 472 g/mol. The molecule has 0 radical (unpaired) electrons. The van der Waals surface area contributed by atoms with Crippen LogP contribution in [-0.2, 0) is 38.6 Å². The van der Waals surface area contributed by atoms with Crippen molar-refractivity contribution in [3.8, 4) is 0 Å². The van der Waals surface area contributed by atoms with Gasteiger partial charge in [-0.3, -0.25) is 0 Å². The topological polar surface area (TPSA) is 163 Å². The van der Waals surface area contributed by atoms with E-state index in [1.807, 2.05) is 0 Å². The smallest absolute Gasteiger partial charge is 0.407 e. The van der Waals surface area contributed by atoms with Crippen LogP contribution >= 0.6 is 0 Å². The second-order valence-electron chi connectivity index (χ2n) is 6.99. The van der Waals surface area contributed by atoms with Gasteiger partial charge >= 0.3 is 12.2 Å². The van der Waals surface area contributed by atoms with E-state index in [9.17, 15) is 26.4 Å². The van der Waals surface area contributed by atoms with Gasteiger partial charge in [0.15, 0.2) is 19.7 Å². The van der Waals surface area contributed by atoms with Crippen molar-refractivity contribution in [1.82, 2.24) is 10.6 Å². The third-order valence-corrected chi connectivity index (χ3v) is 7.94. The van der Waals surface area contributed by atoms with Crippen LogP contribution < -0.4 is 10.6 Å². The molecule has 0 saturated carbocycles. The Morgan fingerprint density at radius 3 is 1.37 bits per heavy atom. The minimum Gasteiger partial charge on any atom is -0.447 e. The molecule has 12 nitrogen and oxygen atoms in total. The van der Waals surface area contributed by atoms with E-state index in [1.54, 1.807) is 0 Å². The maximum absolute atomic E-state index is 11.5. The first-order valence-electron chi connectivity index (χ1n) is 9.58. The van der Waals surface area contributed by atoms with Crippen molar-refractivity contribution in [3.05, 3.63) is 0 Å². The van der Waals surface area contributed by atoms with Crippen LogP contribution in [0.25, 0.3) is 0 Å². The van der Waals surface area contributed by atoms with Crippen LogP contribution in [0.1, 0.15) is 12.8 Å². The molecular formula is C16H28N2O10S2. The first-order valence-corrected chi connectivity index (χ1v) is 13.2. The molecule has 0 bridgehead atoms. The molecule has 0 aliphatic carbocycles. The Balaban J connectivity index is 1.36. The first-order chi connectivity index (χ1) is 14.2. The summed E-state index contributed by atoms with van der Waals surface area (Å²) in [6, 6.07) is -0.820. The molecule has 2 aliphatic heterocycles. The van der Waals surface area contributed by atoms with Crippen molar-refractivity contribution in [3.63, 3.8) is 0 Å². The van der Waals surface area contributed by atoms with E-state index in [4.69, 9.17) is 18.9 Å². The lowest BCUT2D eigenvalue weighted by Gasteiger charge is -2.12. The molecule has 0 spiro atoms. The number of ether oxygens (including phenoxy) is 4. The molecule has 2 saturated heterocycles. The van der Waals surface area contributed by atoms with Gasteiger partial charge in [-0.05, 0) is 12.8 Å². The zero-order chi connectivity index (χ0) is 22.0. The van der Waals surface area contributed by atoms with Crippen LogP contribution in [0.5, 0.6) is 0 Å². The molecule has 174 valence electrons. The van der Waals surface area contributed by atoms with Crippen molar-refractivity contribution in [1.29, 1.82) is 0 Å². The third-order valence-electron chi connectivity index (χ3n) is 4.40. The number of alkyl carbamates (subject to hydrolysis) is 2. The molecule has 0 aromatic rings. The lowest BCUT2D eigenvalue weighted by Crippen LogP contribution is -2.36. The van der Waals surface area contributed by atoms with Crippen molar-refractivity contribution < 1.29 is 45.4 Å². The Morgan fingerprint density at radius 1 is 0.667 bits per heavy atom. The average Bonchev–Trinajstić information content (AvgIpc) is 3.16. The summed E-state index contributed by atoms with van der Waals surface area (Å²) >= 11 is 0. The van der Waals surface area contributed by atoms with Crippen molar-refractivity contribution >= 4 is 31.9 Å². The summed E-state index contributed by atoms with van der Waals surface area (Å²) in [7, 11) is -6.12. The second-order valence-corrected chi connectivity index (χ2v) is 11.4. The normalized spacial score (nSPS) is 24.3. The lowest BCUT2D eigenvalue weighted by molar-refractivity contribution is 0.0152. The molecule has 2 amide bonds. The van der Waals surface area contributed by atoms with Gasteiger partial charge in [-0.25, -0.2) is 26.4 Å². The van der Waals surface area contributed by atoms with E-state index in [0.717, 1.165) is 0 Å². The standard InChI is InChI=1S/C16H28N2O10S2/c19-15(17-13-1-9-29(21,22)11-13)27-7-5-25-3-4-26-6-8-28-16(20)18-14-2-10-30(23,24)12-14/h13-14H,1-12H2,(H,17,19)(H,18,20). The van der Waals surface area contributed by atoms with Gasteiger partial charge in [0.1, 0.15) is 13.2 Å². The van der Waals surface area contributed by atoms with Crippen LogP contribution in [-0.4, -0.2) is 104 Å². The van der Waals surface area contributed by atoms with E-state index in [-0.39, 0.29) is 62.7 Å². The van der Waals surface area contributed by atoms with Crippen LogP contribution in [0.2, 0.25) is 0 Å². The van der Waals surface area contributed by atoms with Crippen molar-refractivity contribution in [2.75, 3.05) is 62.7 Å². The highest BCUT2D eigenvalue weighted by atomic mass is 32.2. The highest BCUT2D eigenvalue weighted by Gasteiger charge is 2.30. The van der Waals surface area contributed by atoms with Gasteiger partial charge in [0.25, 0.3) is 0 Å². The van der Waals surface area contributed by atoms with E-state index in [1.165, 1.54) is 0 Å². The van der Waals surface area contributed by atoms with Gasteiger partial charge in [-0.15, -0.1) is 0 Å². The largest absolute Gasteiger partial charge is 0.447 e. The van der Waals surface area contributed by atoms with Gasteiger partial charge < -0.3 is 29.6 Å². The number of carbonyl (C=O) groups is 2. The summed E-state index contributed by atoms with van der Waals surface area (Å²) in [5.41, 5.74) is 0. The Labute approximate surface area is 175 Å². The summed E-state index contributed by atoms with van der Waals surface area (Å²) in [4.78, 5) is 23.1. The van der Waals surface area contributed by atoms with Gasteiger partial charge in [-0.2, -0.15) is 0 Å². The molecule has 14 heteroatoms. The highest BCUT2D eigenvalue weighted by Crippen LogP contribution is 2.12. The van der Waals surface area contributed by atoms with Crippen LogP contribution in [0.3, 0.4) is 0 Å². The molecule has 2 heterocycles. The highest BCUT2D eigenvalue weighted by molar-refractivity contribution is 7.91. The summed E-state index contributed by atoms with van der Waals surface area (Å²) in [5, 5.41) is 5.00. The average molecular weight is 473 g/mol. The molecule has 2 rings (SSSR count). The zero-order valence-electron chi connectivity index (χ0n) is 16.5.